The fraction of sp³-hybridized carbons (Fsp3) is 0.321. The second kappa shape index (κ2) is 13.9. The average Bonchev–Trinajstić information content (AvgIpc) is 3.33. The van der Waals surface area contributed by atoms with Crippen LogP contribution in [0.2, 0.25) is 0 Å². The van der Waals surface area contributed by atoms with Gasteiger partial charge in [-0.1, -0.05) is 48.5 Å². The van der Waals surface area contributed by atoms with Crippen LogP contribution in [0.5, 0.6) is 0 Å². The molecule has 0 spiro atoms. The highest BCUT2D eigenvalue weighted by Gasteiger charge is 2.29. The molecule has 0 saturated carbocycles. The standard InChI is InChI=1S/C28H33N5O7/c1-16(25(36)33-23(28(39)40)13-17-7-3-2-4-8-17)31-27(38)22(11-12-24(34)35)32-26(37)20(29)14-18-15-30-21-10-6-5-9-19(18)21/h2-10,15-16,20,22-23,30H,11-14,29H2,1H3,(H,31,38)(H,32,37)(H,33,36)(H,34,35)(H,39,40). The number of benzene rings is 2. The summed E-state index contributed by atoms with van der Waals surface area (Å²) in [4.78, 5) is 64.5. The number of para-hydroxylation sites is 1. The number of H-pyrrole nitrogens is 1. The third-order valence-corrected chi connectivity index (χ3v) is 6.38. The Morgan fingerprint density at radius 2 is 1.48 bits per heavy atom. The maximum Gasteiger partial charge on any atom is 0.326 e. The molecule has 1 aromatic heterocycles. The molecule has 0 saturated heterocycles. The molecule has 0 bridgehead atoms. The smallest absolute Gasteiger partial charge is 0.326 e. The summed E-state index contributed by atoms with van der Waals surface area (Å²) < 4.78 is 0. The van der Waals surface area contributed by atoms with Gasteiger partial charge in [0.2, 0.25) is 17.7 Å². The molecule has 2 aromatic carbocycles. The lowest BCUT2D eigenvalue weighted by atomic mass is 10.0. The van der Waals surface area contributed by atoms with Gasteiger partial charge < -0.3 is 36.9 Å². The summed E-state index contributed by atoms with van der Waals surface area (Å²) in [6, 6.07) is 11.5. The number of rotatable bonds is 14. The normalized spacial score (nSPS) is 13.9. The molecule has 0 aliphatic heterocycles. The SMILES string of the molecule is CC(NC(=O)C(CCC(=O)O)NC(=O)C(N)Cc1c[nH]c2ccccc12)C(=O)NC(Cc1ccccc1)C(=O)O. The van der Waals surface area contributed by atoms with E-state index in [1.54, 1.807) is 36.5 Å². The summed E-state index contributed by atoms with van der Waals surface area (Å²) in [5.74, 6) is -4.64. The van der Waals surface area contributed by atoms with Crippen LogP contribution < -0.4 is 21.7 Å². The fourth-order valence-electron chi connectivity index (χ4n) is 4.17. The van der Waals surface area contributed by atoms with Gasteiger partial charge in [0.05, 0.1) is 6.04 Å². The number of nitrogens with two attached hydrogens (primary N) is 1. The summed E-state index contributed by atoms with van der Waals surface area (Å²) in [6.45, 7) is 1.35. The molecule has 4 atom stereocenters. The maximum atomic E-state index is 13.0. The Kier molecular flexibility index (Phi) is 10.4. The zero-order chi connectivity index (χ0) is 29.2. The van der Waals surface area contributed by atoms with Gasteiger partial charge in [0, 0.05) is 29.9 Å². The van der Waals surface area contributed by atoms with Crippen molar-refractivity contribution in [2.24, 2.45) is 5.73 Å². The summed E-state index contributed by atoms with van der Waals surface area (Å²) in [7, 11) is 0. The van der Waals surface area contributed by atoms with Crippen LogP contribution in [-0.2, 0) is 36.8 Å². The highest BCUT2D eigenvalue weighted by atomic mass is 16.4. The van der Waals surface area contributed by atoms with Crippen LogP contribution in [0.15, 0.2) is 60.8 Å². The van der Waals surface area contributed by atoms with Gasteiger partial charge in [-0.3, -0.25) is 19.2 Å². The molecule has 0 fully saturated rings. The first-order valence-corrected chi connectivity index (χ1v) is 12.8. The number of carboxylic acid groups (broad SMARTS) is 2. The first-order chi connectivity index (χ1) is 19.0. The van der Waals surface area contributed by atoms with Crippen molar-refractivity contribution in [2.75, 3.05) is 0 Å². The minimum atomic E-state index is -1.28. The van der Waals surface area contributed by atoms with E-state index in [-0.39, 0.29) is 19.3 Å². The van der Waals surface area contributed by atoms with Gasteiger partial charge in [-0.15, -0.1) is 0 Å². The Balaban J connectivity index is 1.62. The van der Waals surface area contributed by atoms with E-state index in [9.17, 15) is 29.1 Å². The Bertz CT molecular complexity index is 1360. The van der Waals surface area contributed by atoms with E-state index in [4.69, 9.17) is 10.8 Å². The van der Waals surface area contributed by atoms with Crippen molar-refractivity contribution >= 4 is 40.6 Å². The van der Waals surface area contributed by atoms with Crippen LogP contribution in [0.25, 0.3) is 10.9 Å². The lowest BCUT2D eigenvalue weighted by molar-refractivity contribution is -0.142. The number of nitrogens with one attached hydrogen (secondary N) is 4. The van der Waals surface area contributed by atoms with Crippen molar-refractivity contribution in [3.05, 3.63) is 71.9 Å². The zero-order valence-corrected chi connectivity index (χ0v) is 21.9. The maximum absolute atomic E-state index is 13.0. The Morgan fingerprint density at radius 3 is 2.15 bits per heavy atom. The quantitative estimate of drug-likeness (QED) is 0.152. The number of hydrogen-bond donors (Lipinski definition) is 7. The number of carbonyl (C=O) groups excluding carboxylic acids is 3. The molecule has 212 valence electrons. The monoisotopic (exact) mass is 551 g/mol. The Labute approximate surface area is 230 Å². The molecule has 0 aliphatic carbocycles. The number of aromatic amines is 1. The number of aliphatic carboxylic acids is 2. The van der Waals surface area contributed by atoms with E-state index in [0.717, 1.165) is 16.5 Å². The first-order valence-electron chi connectivity index (χ1n) is 12.8. The molecule has 12 nitrogen and oxygen atoms in total. The summed E-state index contributed by atoms with van der Waals surface area (Å²) in [5.41, 5.74) is 8.49. The molecule has 12 heteroatoms. The van der Waals surface area contributed by atoms with Gasteiger partial charge in [0.15, 0.2) is 0 Å². The lowest BCUT2D eigenvalue weighted by Crippen LogP contribution is -2.56. The molecular weight excluding hydrogens is 518 g/mol. The minimum absolute atomic E-state index is 0.0359. The molecule has 8 N–H and O–H groups in total. The van der Waals surface area contributed by atoms with E-state index < -0.39 is 60.2 Å². The molecule has 3 aromatic rings. The van der Waals surface area contributed by atoms with Gasteiger partial charge >= 0.3 is 11.9 Å². The van der Waals surface area contributed by atoms with Crippen molar-refractivity contribution in [3.8, 4) is 0 Å². The molecule has 4 unspecified atom stereocenters. The van der Waals surface area contributed by atoms with Gasteiger partial charge in [-0.2, -0.15) is 0 Å². The van der Waals surface area contributed by atoms with Crippen LogP contribution >= 0.6 is 0 Å². The van der Waals surface area contributed by atoms with Crippen LogP contribution in [0.4, 0.5) is 0 Å². The Hall–Kier alpha value is -4.71. The van der Waals surface area contributed by atoms with E-state index in [2.05, 4.69) is 20.9 Å². The molecule has 0 radical (unpaired) electrons. The predicted octanol–water partition coefficient (Wildman–Crippen LogP) is 0.704. The number of hydrogen-bond acceptors (Lipinski definition) is 6. The minimum Gasteiger partial charge on any atom is -0.481 e. The van der Waals surface area contributed by atoms with Crippen LogP contribution in [0, 0.1) is 0 Å². The predicted molar refractivity (Wildman–Crippen MR) is 146 cm³/mol. The second-order valence-corrected chi connectivity index (χ2v) is 9.48. The third kappa shape index (κ3) is 8.40. The van der Waals surface area contributed by atoms with Crippen LogP contribution in [0.1, 0.15) is 30.9 Å². The van der Waals surface area contributed by atoms with Crippen molar-refractivity contribution in [1.29, 1.82) is 0 Å². The number of carbonyl (C=O) groups is 5. The van der Waals surface area contributed by atoms with E-state index in [1.165, 1.54) is 6.92 Å². The van der Waals surface area contributed by atoms with Gasteiger partial charge in [0.25, 0.3) is 0 Å². The number of fused-ring (bicyclic) bond motifs is 1. The zero-order valence-electron chi connectivity index (χ0n) is 21.9. The number of aromatic nitrogens is 1. The van der Waals surface area contributed by atoms with Crippen molar-refractivity contribution < 1.29 is 34.2 Å². The highest BCUT2D eigenvalue weighted by molar-refractivity contribution is 5.94. The summed E-state index contributed by atoms with van der Waals surface area (Å²) in [6.07, 6.45) is 1.28. The fourth-order valence-corrected chi connectivity index (χ4v) is 4.17. The lowest BCUT2D eigenvalue weighted by Gasteiger charge is -2.23. The molecule has 1 heterocycles. The molecular formula is C28H33N5O7. The second-order valence-electron chi connectivity index (χ2n) is 9.48. The molecule has 40 heavy (non-hydrogen) atoms. The van der Waals surface area contributed by atoms with E-state index in [1.807, 2.05) is 24.3 Å². The first kappa shape index (κ1) is 29.8. The summed E-state index contributed by atoms with van der Waals surface area (Å²) >= 11 is 0. The molecule has 3 amide bonds. The Morgan fingerprint density at radius 1 is 0.825 bits per heavy atom. The topological polar surface area (TPSA) is 204 Å². The van der Waals surface area contributed by atoms with Crippen molar-refractivity contribution in [2.45, 2.75) is 56.8 Å². The van der Waals surface area contributed by atoms with Crippen LogP contribution in [0.3, 0.4) is 0 Å². The third-order valence-electron chi connectivity index (χ3n) is 6.38. The largest absolute Gasteiger partial charge is 0.481 e. The number of carboxylic acids is 2. The summed E-state index contributed by atoms with van der Waals surface area (Å²) in [5, 5.41) is 26.9. The molecule has 3 rings (SSSR count). The number of amides is 3. The average molecular weight is 552 g/mol. The molecule has 0 aliphatic rings. The van der Waals surface area contributed by atoms with E-state index in [0.29, 0.717) is 5.56 Å². The van der Waals surface area contributed by atoms with Gasteiger partial charge in [0.1, 0.15) is 18.1 Å². The van der Waals surface area contributed by atoms with Gasteiger partial charge in [-0.25, -0.2) is 4.79 Å². The van der Waals surface area contributed by atoms with Crippen molar-refractivity contribution in [3.63, 3.8) is 0 Å². The van der Waals surface area contributed by atoms with Crippen LogP contribution in [-0.4, -0.2) is 69.0 Å². The van der Waals surface area contributed by atoms with Crippen molar-refractivity contribution in [1.82, 2.24) is 20.9 Å². The van der Waals surface area contributed by atoms with Gasteiger partial charge in [-0.05, 0) is 37.0 Å². The highest BCUT2D eigenvalue weighted by Crippen LogP contribution is 2.19. The van der Waals surface area contributed by atoms with E-state index >= 15 is 0 Å².